The van der Waals surface area contributed by atoms with Crippen LogP contribution in [0.1, 0.15) is 17.0 Å². The van der Waals surface area contributed by atoms with Gasteiger partial charge in [-0.2, -0.15) is 0 Å². The van der Waals surface area contributed by atoms with E-state index in [9.17, 15) is 4.79 Å². The standard InChI is InChI=1S/C14H16ClNO4/c15-11-4-1-3-10-9-12(20-13(10)11)14(18)16-5-2-7-19-8-6-17/h1,3-4,9,17H,2,5-8H2,(H,16,18). The van der Waals surface area contributed by atoms with E-state index in [-0.39, 0.29) is 18.3 Å². The first-order chi connectivity index (χ1) is 9.72. The minimum absolute atomic E-state index is 0.00605. The number of hydrogen-bond donors (Lipinski definition) is 2. The number of rotatable bonds is 7. The van der Waals surface area contributed by atoms with Gasteiger partial charge in [0.25, 0.3) is 5.91 Å². The van der Waals surface area contributed by atoms with Crippen LogP contribution in [0.25, 0.3) is 11.0 Å². The van der Waals surface area contributed by atoms with Crippen LogP contribution in [-0.4, -0.2) is 37.4 Å². The van der Waals surface area contributed by atoms with E-state index in [1.54, 1.807) is 18.2 Å². The van der Waals surface area contributed by atoms with E-state index in [1.165, 1.54) is 0 Å². The smallest absolute Gasteiger partial charge is 0.287 e. The molecule has 0 saturated carbocycles. The van der Waals surface area contributed by atoms with Crippen molar-refractivity contribution in [2.75, 3.05) is 26.4 Å². The fourth-order valence-electron chi connectivity index (χ4n) is 1.77. The Morgan fingerprint density at radius 3 is 3.00 bits per heavy atom. The molecule has 6 heteroatoms. The van der Waals surface area contributed by atoms with Crippen LogP contribution in [0.4, 0.5) is 0 Å². The third-order valence-electron chi connectivity index (χ3n) is 2.71. The molecular weight excluding hydrogens is 282 g/mol. The summed E-state index contributed by atoms with van der Waals surface area (Å²) in [5, 5.41) is 12.6. The number of aliphatic hydroxyl groups excluding tert-OH is 1. The van der Waals surface area contributed by atoms with Gasteiger partial charge in [-0.25, -0.2) is 0 Å². The summed E-state index contributed by atoms with van der Waals surface area (Å²) in [6.07, 6.45) is 0.673. The Bertz CT molecular complexity index is 582. The molecule has 1 aromatic carbocycles. The molecular formula is C14H16ClNO4. The van der Waals surface area contributed by atoms with Gasteiger partial charge in [0.2, 0.25) is 0 Å². The van der Waals surface area contributed by atoms with E-state index in [1.807, 2.05) is 6.07 Å². The van der Waals surface area contributed by atoms with Crippen molar-refractivity contribution in [3.05, 3.63) is 35.0 Å². The molecule has 0 unspecified atom stereocenters. The molecule has 20 heavy (non-hydrogen) atoms. The van der Waals surface area contributed by atoms with Crippen molar-refractivity contribution in [2.45, 2.75) is 6.42 Å². The first kappa shape index (κ1) is 14.8. The molecule has 108 valence electrons. The van der Waals surface area contributed by atoms with Gasteiger partial charge in [-0.1, -0.05) is 23.7 Å². The average Bonchev–Trinajstić information content (AvgIpc) is 2.88. The molecule has 5 nitrogen and oxygen atoms in total. The summed E-state index contributed by atoms with van der Waals surface area (Å²) in [7, 11) is 0. The first-order valence-electron chi connectivity index (χ1n) is 6.37. The lowest BCUT2D eigenvalue weighted by Gasteiger charge is -2.03. The number of halogens is 1. The van der Waals surface area contributed by atoms with Crippen molar-refractivity contribution in [3.8, 4) is 0 Å². The number of carbonyl (C=O) groups is 1. The summed E-state index contributed by atoms with van der Waals surface area (Å²) in [4.78, 5) is 11.9. The largest absolute Gasteiger partial charge is 0.449 e. The second-order valence-corrected chi connectivity index (χ2v) is 4.62. The van der Waals surface area contributed by atoms with Crippen molar-refractivity contribution in [1.82, 2.24) is 5.32 Å². The third kappa shape index (κ3) is 3.72. The maximum Gasteiger partial charge on any atom is 0.287 e. The molecule has 0 aliphatic carbocycles. The van der Waals surface area contributed by atoms with Gasteiger partial charge in [-0.3, -0.25) is 4.79 Å². The van der Waals surface area contributed by atoms with Crippen molar-refractivity contribution in [3.63, 3.8) is 0 Å². The highest BCUT2D eigenvalue weighted by molar-refractivity contribution is 6.34. The molecule has 0 fully saturated rings. The quantitative estimate of drug-likeness (QED) is 0.769. The highest BCUT2D eigenvalue weighted by Crippen LogP contribution is 2.26. The van der Waals surface area contributed by atoms with Crippen molar-refractivity contribution in [2.24, 2.45) is 0 Å². The zero-order chi connectivity index (χ0) is 14.4. The number of aliphatic hydroxyl groups is 1. The summed E-state index contributed by atoms with van der Waals surface area (Å²) in [5.74, 6) is -0.0381. The minimum Gasteiger partial charge on any atom is -0.449 e. The predicted octanol–water partition coefficient (Wildman–Crippen LogP) is 2.21. The summed E-state index contributed by atoms with van der Waals surface area (Å²) in [5.41, 5.74) is 0.519. The van der Waals surface area contributed by atoms with E-state index >= 15 is 0 Å². The van der Waals surface area contributed by atoms with Gasteiger partial charge in [0.05, 0.1) is 18.2 Å². The van der Waals surface area contributed by atoms with Gasteiger partial charge in [0.1, 0.15) is 0 Å². The van der Waals surface area contributed by atoms with Crippen LogP contribution in [0, 0.1) is 0 Å². The number of benzene rings is 1. The Hall–Kier alpha value is -1.56. The Kier molecular flexibility index (Phi) is 5.40. The zero-order valence-electron chi connectivity index (χ0n) is 10.9. The molecule has 1 heterocycles. The SMILES string of the molecule is O=C(NCCCOCCO)c1cc2cccc(Cl)c2o1. The lowest BCUT2D eigenvalue weighted by molar-refractivity contribution is 0.0857. The number of nitrogens with one attached hydrogen (secondary N) is 1. The van der Waals surface area contributed by atoms with Gasteiger partial charge < -0.3 is 19.6 Å². The maximum absolute atomic E-state index is 11.9. The number of fused-ring (bicyclic) bond motifs is 1. The Balaban J connectivity index is 1.86. The number of hydrogen-bond acceptors (Lipinski definition) is 4. The first-order valence-corrected chi connectivity index (χ1v) is 6.75. The van der Waals surface area contributed by atoms with E-state index in [4.69, 9.17) is 25.9 Å². The summed E-state index contributed by atoms with van der Waals surface area (Å²) < 4.78 is 10.5. The van der Waals surface area contributed by atoms with E-state index < -0.39 is 0 Å². The molecule has 1 amide bonds. The molecule has 0 spiro atoms. The number of carbonyl (C=O) groups excluding carboxylic acids is 1. The van der Waals surface area contributed by atoms with Crippen molar-refractivity contribution in [1.29, 1.82) is 0 Å². The second-order valence-electron chi connectivity index (χ2n) is 4.21. The molecule has 1 aromatic heterocycles. The highest BCUT2D eigenvalue weighted by atomic mass is 35.5. The summed E-state index contributed by atoms with van der Waals surface area (Å²) >= 11 is 5.99. The lowest BCUT2D eigenvalue weighted by atomic mass is 10.2. The van der Waals surface area contributed by atoms with Gasteiger partial charge in [0.15, 0.2) is 11.3 Å². The zero-order valence-corrected chi connectivity index (χ0v) is 11.7. The molecule has 2 N–H and O–H groups in total. The highest BCUT2D eigenvalue weighted by Gasteiger charge is 2.13. The lowest BCUT2D eigenvalue weighted by Crippen LogP contribution is -2.24. The van der Waals surface area contributed by atoms with E-state index in [0.717, 1.165) is 5.39 Å². The number of furan rings is 1. The van der Waals surface area contributed by atoms with Crippen LogP contribution < -0.4 is 5.32 Å². The van der Waals surface area contributed by atoms with Crippen LogP contribution in [-0.2, 0) is 4.74 Å². The van der Waals surface area contributed by atoms with Gasteiger partial charge in [0, 0.05) is 18.5 Å². The van der Waals surface area contributed by atoms with Gasteiger partial charge in [-0.05, 0) is 18.6 Å². The normalized spacial score (nSPS) is 10.9. The Morgan fingerprint density at radius 2 is 2.25 bits per heavy atom. The molecule has 2 aromatic rings. The van der Waals surface area contributed by atoms with Crippen LogP contribution in [0.2, 0.25) is 5.02 Å². The average molecular weight is 298 g/mol. The van der Waals surface area contributed by atoms with Crippen molar-refractivity contribution >= 4 is 28.5 Å². The minimum atomic E-state index is -0.278. The van der Waals surface area contributed by atoms with E-state index in [0.29, 0.717) is 36.8 Å². The molecule has 0 aliphatic rings. The molecule has 2 rings (SSSR count). The second kappa shape index (κ2) is 7.28. The topological polar surface area (TPSA) is 71.7 Å². The van der Waals surface area contributed by atoms with Gasteiger partial charge in [-0.15, -0.1) is 0 Å². The third-order valence-corrected chi connectivity index (χ3v) is 3.00. The number of amides is 1. The van der Waals surface area contributed by atoms with Crippen LogP contribution in [0.15, 0.2) is 28.7 Å². The predicted molar refractivity (Wildman–Crippen MR) is 76.1 cm³/mol. The van der Waals surface area contributed by atoms with Crippen LogP contribution in [0.5, 0.6) is 0 Å². The maximum atomic E-state index is 11.9. The summed E-state index contributed by atoms with van der Waals surface area (Å²) in [6.45, 7) is 1.30. The Morgan fingerprint density at radius 1 is 1.40 bits per heavy atom. The fourth-order valence-corrected chi connectivity index (χ4v) is 1.99. The van der Waals surface area contributed by atoms with Crippen LogP contribution >= 0.6 is 11.6 Å². The van der Waals surface area contributed by atoms with Crippen molar-refractivity contribution < 1.29 is 19.1 Å². The number of para-hydroxylation sites is 1. The monoisotopic (exact) mass is 297 g/mol. The number of ether oxygens (including phenoxy) is 1. The molecule has 0 saturated heterocycles. The molecule has 0 radical (unpaired) electrons. The molecule has 0 bridgehead atoms. The van der Waals surface area contributed by atoms with Gasteiger partial charge >= 0.3 is 0 Å². The summed E-state index contributed by atoms with van der Waals surface area (Å²) in [6, 6.07) is 7.02. The fraction of sp³-hybridized carbons (Fsp3) is 0.357. The van der Waals surface area contributed by atoms with E-state index in [2.05, 4.69) is 5.32 Å². The van der Waals surface area contributed by atoms with Crippen LogP contribution in [0.3, 0.4) is 0 Å². The molecule has 0 atom stereocenters. The molecule has 0 aliphatic heterocycles. The Labute approximate surface area is 121 Å².